The zero-order chi connectivity index (χ0) is 18.8. The number of hydrogen-bond donors (Lipinski definition) is 0. The van der Waals surface area contributed by atoms with E-state index in [0.717, 1.165) is 41.5 Å². The Hall–Kier alpha value is -2.39. The topological polar surface area (TPSA) is 25.2 Å². The summed E-state index contributed by atoms with van der Waals surface area (Å²) in [6.07, 6.45) is 0.951. The fraction of sp³-hybridized carbons (Fsp3) is 0.348. The Morgan fingerprint density at radius 3 is 2.27 bits per heavy atom. The fourth-order valence-electron chi connectivity index (χ4n) is 3.54. The quantitative estimate of drug-likeness (QED) is 0.676. The summed E-state index contributed by atoms with van der Waals surface area (Å²) in [6, 6.07) is 14.6. The third-order valence-electron chi connectivity index (χ3n) is 4.91. The highest BCUT2D eigenvalue weighted by Gasteiger charge is 2.13. The second kappa shape index (κ2) is 7.46. The smallest absolute Gasteiger partial charge is 0.258 e. The van der Waals surface area contributed by atoms with E-state index >= 15 is 0 Å². The molecule has 3 rings (SSSR count). The first-order valence-corrected chi connectivity index (χ1v) is 9.23. The molecule has 0 N–H and O–H groups in total. The van der Waals surface area contributed by atoms with Crippen molar-refractivity contribution in [3.05, 3.63) is 69.5 Å². The Morgan fingerprint density at radius 2 is 1.62 bits per heavy atom. The van der Waals surface area contributed by atoms with Gasteiger partial charge in [0.1, 0.15) is 0 Å². The maximum Gasteiger partial charge on any atom is 0.258 e. The van der Waals surface area contributed by atoms with Gasteiger partial charge in [0.2, 0.25) is 0 Å². The molecule has 0 aliphatic rings. The van der Waals surface area contributed by atoms with Crippen molar-refractivity contribution in [2.45, 2.75) is 33.7 Å². The molecule has 0 aliphatic heterocycles. The number of pyridine rings is 1. The van der Waals surface area contributed by atoms with Gasteiger partial charge in [-0.2, -0.15) is 0 Å². The van der Waals surface area contributed by atoms with E-state index in [1.54, 1.807) is 0 Å². The highest BCUT2D eigenvalue weighted by molar-refractivity contribution is 5.87. The van der Waals surface area contributed by atoms with Crippen molar-refractivity contribution >= 4 is 10.9 Å². The van der Waals surface area contributed by atoms with Crippen molar-refractivity contribution in [3.63, 3.8) is 0 Å². The van der Waals surface area contributed by atoms with Crippen molar-refractivity contribution in [1.82, 2.24) is 9.47 Å². The van der Waals surface area contributed by atoms with Crippen molar-refractivity contribution in [2.24, 2.45) is 0 Å². The van der Waals surface area contributed by atoms with Gasteiger partial charge in [0, 0.05) is 17.5 Å². The molecule has 26 heavy (non-hydrogen) atoms. The number of aryl methyl sites for hydroxylation is 4. The van der Waals surface area contributed by atoms with Crippen molar-refractivity contribution in [2.75, 3.05) is 20.6 Å². The van der Waals surface area contributed by atoms with Crippen LogP contribution in [0.5, 0.6) is 0 Å². The second-order valence-corrected chi connectivity index (χ2v) is 7.55. The van der Waals surface area contributed by atoms with Crippen LogP contribution in [0.4, 0.5) is 0 Å². The van der Waals surface area contributed by atoms with E-state index in [0.29, 0.717) is 0 Å². The van der Waals surface area contributed by atoms with Crippen molar-refractivity contribution in [1.29, 1.82) is 0 Å². The Balaban J connectivity index is 2.21. The zero-order valence-electron chi connectivity index (χ0n) is 16.5. The Kier molecular flexibility index (Phi) is 5.28. The Bertz CT molecular complexity index is 982. The van der Waals surface area contributed by atoms with E-state index in [4.69, 9.17) is 0 Å². The number of aromatic nitrogens is 1. The summed E-state index contributed by atoms with van der Waals surface area (Å²) >= 11 is 0. The molecule has 0 unspecified atom stereocenters. The normalized spacial score (nSPS) is 11.5. The molecule has 0 amide bonds. The monoisotopic (exact) mass is 348 g/mol. The number of benzene rings is 2. The minimum Gasteiger partial charge on any atom is -0.309 e. The lowest BCUT2D eigenvalue weighted by atomic mass is 10.00. The van der Waals surface area contributed by atoms with Gasteiger partial charge in [-0.05, 0) is 76.7 Å². The van der Waals surface area contributed by atoms with Gasteiger partial charge in [-0.25, -0.2) is 0 Å². The van der Waals surface area contributed by atoms with E-state index in [1.165, 1.54) is 16.7 Å². The van der Waals surface area contributed by atoms with Gasteiger partial charge < -0.3 is 9.47 Å². The van der Waals surface area contributed by atoms with Gasteiger partial charge in [-0.3, -0.25) is 4.79 Å². The van der Waals surface area contributed by atoms with Gasteiger partial charge in [0.25, 0.3) is 5.56 Å². The van der Waals surface area contributed by atoms with Gasteiger partial charge in [0.15, 0.2) is 0 Å². The highest BCUT2D eigenvalue weighted by Crippen LogP contribution is 2.25. The molecule has 2 aromatic carbocycles. The van der Waals surface area contributed by atoms with Gasteiger partial charge in [0.05, 0.1) is 5.52 Å². The third kappa shape index (κ3) is 3.73. The second-order valence-electron chi connectivity index (χ2n) is 7.55. The maximum atomic E-state index is 13.3. The first-order valence-electron chi connectivity index (χ1n) is 9.23. The molecule has 1 heterocycles. The van der Waals surface area contributed by atoms with Crippen LogP contribution in [0, 0.1) is 20.8 Å². The molecule has 0 atom stereocenters. The highest BCUT2D eigenvalue weighted by atomic mass is 16.1. The van der Waals surface area contributed by atoms with Crippen LogP contribution in [0.2, 0.25) is 0 Å². The van der Waals surface area contributed by atoms with Crippen molar-refractivity contribution in [3.8, 4) is 11.1 Å². The molecule has 0 radical (unpaired) electrons. The molecule has 3 heteroatoms. The summed E-state index contributed by atoms with van der Waals surface area (Å²) in [6.45, 7) is 7.98. The van der Waals surface area contributed by atoms with Crippen LogP contribution < -0.4 is 5.56 Å². The van der Waals surface area contributed by atoms with E-state index in [-0.39, 0.29) is 5.56 Å². The summed E-state index contributed by atoms with van der Waals surface area (Å²) in [5.74, 6) is 0. The molecule has 3 nitrogen and oxygen atoms in total. The summed E-state index contributed by atoms with van der Waals surface area (Å²) < 4.78 is 1.97. The fourth-order valence-corrected chi connectivity index (χ4v) is 3.54. The first kappa shape index (κ1) is 18.4. The maximum absolute atomic E-state index is 13.3. The summed E-state index contributed by atoms with van der Waals surface area (Å²) in [7, 11) is 4.13. The van der Waals surface area contributed by atoms with Crippen LogP contribution in [0.1, 0.15) is 23.1 Å². The predicted molar refractivity (Wildman–Crippen MR) is 111 cm³/mol. The average Bonchev–Trinajstić information content (AvgIpc) is 2.57. The van der Waals surface area contributed by atoms with Crippen LogP contribution in [0.25, 0.3) is 22.0 Å². The molecule has 0 bridgehead atoms. The zero-order valence-corrected chi connectivity index (χ0v) is 16.5. The molecule has 0 fully saturated rings. The lowest BCUT2D eigenvalue weighted by Crippen LogP contribution is -2.24. The van der Waals surface area contributed by atoms with E-state index < -0.39 is 0 Å². The third-order valence-corrected chi connectivity index (χ3v) is 4.91. The minimum absolute atomic E-state index is 0.102. The Labute approximate surface area is 155 Å². The number of hydrogen-bond acceptors (Lipinski definition) is 2. The molecule has 0 spiro atoms. The summed E-state index contributed by atoms with van der Waals surface area (Å²) in [4.78, 5) is 15.5. The molecule has 0 aliphatic carbocycles. The summed E-state index contributed by atoms with van der Waals surface area (Å²) in [5.41, 5.74) is 6.53. The summed E-state index contributed by atoms with van der Waals surface area (Å²) in [5, 5.41) is 1.16. The lowest BCUT2D eigenvalue weighted by molar-refractivity contribution is 0.386. The number of nitrogens with zero attached hydrogens (tertiary/aromatic N) is 2. The molecule has 1 aromatic heterocycles. The van der Waals surface area contributed by atoms with E-state index in [9.17, 15) is 4.79 Å². The standard InChI is InChI=1S/C23H28N2O/c1-16-7-9-19(10-8-16)21-15-20-18(3)13-17(2)14-22(20)25(23(21)26)12-6-11-24(4)5/h7-10,13-15H,6,11-12H2,1-5H3. The van der Waals surface area contributed by atoms with Gasteiger partial charge in [-0.1, -0.05) is 35.9 Å². The molecule has 0 saturated heterocycles. The van der Waals surface area contributed by atoms with Crippen LogP contribution >= 0.6 is 0 Å². The average molecular weight is 348 g/mol. The van der Waals surface area contributed by atoms with Gasteiger partial charge >= 0.3 is 0 Å². The van der Waals surface area contributed by atoms with Crippen molar-refractivity contribution < 1.29 is 0 Å². The minimum atomic E-state index is 0.102. The molecular formula is C23H28N2O. The SMILES string of the molecule is Cc1ccc(-c2cc3c(C)cc(C)cc3n(CCCN(C)C)c2=O)cc1. The molecule has 0 saturated carbocycles. The molecule has 3 aromatic rings. The van der Waals surface area contributed by atoms with Gasteiger partial charge in [-0.15, -0.1) is 0 Å². The van der Waals surface area contributed by atoms with E-state index in [1.807, 2.05) is 16.7 Å². The first-order chi connectivity index (χ1) is 12.4. The van der Waals surface area contributed by atoms with Crippen LogP contribution in [-0.2, 0) is 6.54 Å². The lowest BCUT2D eigenvalue weighted by Gasteiger charge is -2.17. The van der Waals surface area contributed by atoms with Crippen LogP contribution in [0.3, 0.4) is 0 Å². The predicted octanol–water partition coefficient (Wildman–Crippen LogP) is 4.55. The number of rotatable bonds is 5. The van der Waals surface area contributed by atoms with Crippen LogP contribution in [-0.4, -0.2) is 30.1 Å². The molecular weight excluding hydrogens is 320 g/mol. The number of fused-ring (bicyclic) bond motifs is 1. The Morgan fingerprint density at radius 1 is 0.923 bits per heavy atom. The van der Waals surface area contributed by atoms with E-state index in [2.05, 4.69) is 70.1 Å². The largest absolute Gasteiger partial charge is 0.309 e. The molecule has 136 valence electrons. The van der Waals surface area contributed by atoms with Crippen LogP contribution in [0.15, 0.2) is 47.3 Å².